The molecular formula is C10H13NO4. The fourth-order valence-corrected chi connectivity index (χ4v) is 1.29. The number of carboxylic acid groups (broad SMARTS) is 1. The molecule has 82 valence electrons. The molecule has 0 heterocycles. The Balaban J connectivity index is 2.92. The minimum absolute atomic E-state index is 0.457. The van der Waals surface area contributed by atoms with Crippen LogP contribution in [0.15, 0.2) is 30.3 Å². The van der Waals surface area contributed by atoms with Crippen LogP contribution in [0.25, 0.3) is 0 Å². The molecule has 1 atom stereocenters. The zero-order valence-corrected chi connectivity index (χ0v) is 8.08. The number of hydrogen-bond acceptors (Lipinski definition) is 4. The van der Waals surface area contributed by atoms with Crippen molar-refractivity contribution in [3.8, 4) is 0 Å². The lowest BCUT2D eigenvalue weighted by Crippen LogP contribution is -2.44. The van der Waals surface area contributed by atoms with Crippen LogP contribution >= 0.6 is 0 Å². The molecule has 5 heteroatoms. The van der Waals surface area contributed by atoms with Gasteiger partial charge in [0.05, 0.1) is 6.61 Å². The van der Waals surface area contributed by atoms with E-state index in [1.807, 2.05) is 0 Å². The van der Waals surface area contributed by atoms with Crippen LogP contribution in [0, 0.1) is 0 Å². The SMILES string of the molecule is O=C(O)[C@H](CO)N(CO)c1ccccc1. The van der Waals surface area contributed by atoms with E-state index >= 15 is 0 Å². The van der Waals surface area contributed by atoms with Crippen LogP contribution < -0.4 is 4.90 Å². The first-order chi connectivity index (χ1) is 7.20. The molecule has 0 bridgehead atoms. The average molecular weight is 211 g/mol. The van der Waals surface area contributed by atoms with Crippen molar-refractivity contribution >= 4 is 11.7 Å². The first-order valence-electron chi connectivity index (χ1n) is 4.47. The zero-order chi connectivity index (χ0) is 11.3. The quantitative estimate of drug-likeness (QED) is 0.592. The number of aliphatic hydroxyl groups is 2. The van der Waals surface area contributed by atoms with Gasteiger partial charge in [-0.15, -0.1) is 0 Å². The summed E-state index contributed by atoms with van der Waals surface area (Å²) in [6, 6.07) is 7.46. The number of carboxylic acids is 1. The fourth-order valence-electron chi connectivity index (χ4n) is 1.29. The number of anilines is 1. The van der Waals surface area contributed by atoms with E-state index in [4.69, 9.17) is 15.3 Å². The number of carbonyl (C=O) groups is 1. The molecule has 0 aliphatic rings. The van der Waals surface area contributed by atoms with E-state index in [9.17, 15) is 4.79 Å². The highest BCUT2D eigenvalue weighted by atomic mass is 16.4. The second-order valence-corrected chi connectivity index (χ2v) is 2.98. The highest BCUT2D eigenvalue weighted by molar-refractivity contribution is 5.78. The summed E-state index contributed by atoms with van der Waals surface area (Å²) < 4.78 is 0. The molecule has 0 unspecified atom stereocenters. The van der Waals surface area contributed by atoms with E-state index < -0.39 is 25.3 Å². The number of aliphatic carboxylic acids is 1. The number of rotatable bonds is 5. The zero-order valence-electron chi connectivity index (χ0n) is 8.08. The van der Waals surface area contributed by atoms with E-state index in [0.717, 1.165) is 0 Å². The Bertz CT molecular complexity index is 314. The number of nitrogens with zero attached hydrogens (tertiary/aromatic N) is 1. The van der Waals surface area contributed by atoms with Gasteiger partial charge in [0.15, 0.2) is 6.04 Å². The van der Waals surface area contributed by atoms with Crippen LogP contribution in [0.3, 0.4) is 0 Å². The van der Waals surface area contributed by atoms with Gasteiger partial charge < -0.3 is 20.2 Å². The molecule has 0 spiro atoms. The van der Waals surface area contributed by atoms with Crippen LogP contribution in [0.1, 0.15) is 0 Å². The lowest BCUT2D eigenvalue weighted by atomic mass is 10.2. The molecular weight excluding hydrogens is 198 g/mol. The van der Waals surface area contributed by atoms with Gasteiger partial charge in [-0.2, -0.15) is 0 Å². The van der Waals surface area contributed by atoms with Gasteiger partial charge in [0.1, 0.15) is 6.73 Å². The average Bonchev–Trinajstić information content (AvgIpc) is 2.26. The van der Waals surface area contributed by atoms with Gasteiger partial charge in [-0.1, -0.05) is 18.2 Å². The molecule has 0 fully saturated rings. The van der Waals surface area contributed by atoms with Crippen LogP contribution in [0.5, 0.6) is 0 Å². The molecule has 15 heavy (non-hydrogen) atoms. The Kier molecular flexibility index (Phi) is 4.08. The third-order valence-electron chi connectivity index (χ3n) is 2.07. The van der Waals surface area contributed by atoms with Gasteiger partial charge in [-0.05, 0) is 12.1 Å². The van der Waals surface area contributed by atoms with E-state index in [1.54, 1.807) is 30.3 Å². The summed E-state index contributed by atoms with van der Waals surface area (Å²) in [4.78, 5) is 12.0. The standard InChI is InChI=1S/C10H13NO4/c12-6-9(10(14)15)11(7-13)8-4-2-1-3-5-8/h1-5,9,12-13H,6-7H2,(H,14,15)/t9-/m0/s1. The summed E-state index contributed by atoms with van der Waals surface area (Å²) >= 11 is 0. The van der Waals surface area contributed by atoms with Gasteiger partial charge >= 0.3 is 5.97 Å². The lowest BCUT2D eigenvalue weighted by molar-refractivity contribution is -0.139. The Hall–Kier alpha value is -1.59. The predicted octanol–water partition coefficient (Wildman–Crippen LogP) is -0.112. The van der Waals surface area contributed by atoms with E-state index in [-0.39, 0.29) is 0 Å². The van der Waals surface area contributed by atoms with Crippen molar-refractivity contribution in [1.29, 1.82) is 0 Å². The summed E-state index contributed by atoms with van der Waals surface area (Å²) in [5.41, 5.74) is 0.557. The van der Waals surface area contributed by atoms with E-state index in [1.165, 1.54) is 4.90 Å². The summed E-state index contributed by atoms with van der Waals surface area (Å²) in [6.07, 6.45) is 0. The molecule has 0 saturated carbocycles. The molecule has 5 nitrogen and oxygen atoms in total. The molecule has 1 rings (SSSR count). The number of hydrogen-bond donors (Lipinski definition) is 3. The van der Waals surface area contributed by atoms with E-state index in [2.05, 4.69) is 0 Å². The third-order valence-corrected chi connectivity index (χ3v) is 2.07. The summed E-state index contributed by atoms with van der Waals surface area (Å²) in [6.45, 7) is -1.01. The van der Waals surface area contributed by atoms with Crippen molar-refractivity contribution in [2.75, 3.05) is 18.2 Å². The monoisotopic (exact) mass is 211 g/mol. The maximum Gasteiger partial charge on any atom is 0.328 e. The molecule has 3 N–H and O–H groups in total. The van der Waals surface area contributed by atoms with Gasteiger partial charge in [-0.25, -0.2) is 4.79 Å². The van der Waals surface area contributed by atoms with Gasteiger partial charge in [-0.3, -0.25) is 0 Å². The van der Waals surface area contributed by atoms with Crippen molar-refractivity contribution in [1.82, 2.24) is 0 Å². The molecule has 0 radical (unpaired) electrons. The Morgan fingerprint density at radius 2 is 1.87 bits per heavy atom. The minimum atomic E-state index is -1.17. The van der Waals surface area contributed by atoms with Crippen molar-refractivity contribution < 1.29 is 20.1 Å². The van der Waals surface area contributed by atoms with Crippen molar-refractivity contribution in [2.45, 2.75) is 6.04 Å². The minimum Gasteiger partial charge on any atom is -0.480 e. The van der Waals surface area contributed by atoms with Crippen molar-refractivity contribution in [2.24, 2.45) is 0 Å². The fraction of sp³-hybridized carbons (Fsp3) is 0.300. The Morgan fingerprint density at radius 3 is 2.27 bits per heavy atom. The second-order valence-electron chi connectivity index (χ2n) is 2.98. The Morgan fingerprint density at radius 1 is 1.27 bits per heavy atom. The normalized spacial score (nSPS) is 12.1. The first kappa shape index (κ1) is 11.5. The molecule has 1 aromatic rings. The maximum absolute atomic E-state index is 10.8. The highest BCUT2D eigenvalue weighted by Gasteiger charge is 2.24. The molecule has 0 aliphatic carbocycles. The Labute approximate surface area is 87.2 Å². The predicted molar refractivity (Wildman–Crippen MR) is 54.5 cm³/mol. The summed E-state index contributed by atoms with van der Waals surface area (Å²) in [5.74, 6) is -1.17. The van der Waals surface area contributed by atoms with Crippen LogP contribution in [-0.2, 0) is 4.79 Å². The number of aliphatic hydroxyl groups excluding tert-OH is 2. The summed E-state index contributed by atoms with van der Waals surface area (Å²) in [7, 11) is 0. The second kappa shape index (κ2) is 5.33. The lowest BCUT2D eigenvalue weighted by Gasteiger charge is -2.27. The maximum atomic E-state index is 10.8. The molecule has 1 aromatic carbocycles. The topological polar surface area (TPSA) is 81.0 Å². The van der Waals surface area contributed by atoms with E-state index in [0.29, 0.717) is 5.69 Å². The smallest absolute Gasteiger partial charge is 0.328 e. The first-order valence-corrected chi connectivity index (χ1v) is 4.47. The number of para-hydroxylation sites is 1. The van der Waals surface area contributed by atoms with Gasteiger partial charge in [0.2, 0.25) is 0 Å². The van der Waals surface area contributed by atoms with Crippen LogP contribution in [-0.4, -0.2) is 40.7 Å². The van der Waals surface area contributed by atoms with Crippen molar-refractivity contribution in [3.05, 3.63) is 30.3 Å². The third kappa shape index (κ3) is 2.68. The molecule has 0 saturated heterocycles. The summed E-state index contributed by atoms with van der Waals surface area (Å²) in [5, 5.41) is 26.8. The van der Waals surface area contributed by atoms with Crippen LogP contribution in [0.4, 0.5) is 5.69 Å². The highest BCUT2D eigenvalue weighted by Crippen LogP contribution is 2.15. The van der Waals surface area contributed by atoms with Crippen LogP contribution in [0.2, 0.25) is 0 Å². The largest absolute Gasteiger partial charge is 0.480 e. The molecule has 0 aromatic heterocycles. The van der Waals surface area contributed by atoms with Crippen molar-refractivity contribution in [3.63, 3.8) is 0 Å². The van der Waals surface area contributed by atoms with Gasteiger partial charge in [0.25, 0.3) is 0 Å². The molecule has 0 amide bonds. The molecule has 0 aliphatic heterocycles. The van der Waals surface area contributed by atoms with Gasteiger partial charge in [0, 0.05) is 5.69 Å². The number of benzene rings is 1.